The molecule has 0 amide bonds. The lowest BCUT2D eigenvalue weighted by Crippen LogP contribution is -2.29. The summed E-state index contributed by atoms with van der Waals surface area (Å²) in [7, 11) is 0. The van der Waals surface area contributed by atoms with Gasteiger partial charge in [0.15, 0.2) is 5.11 Å². The van der Waals surface area contributed by atoms with E-state index in [1.54, 1.807) is 24.4 Å². The van der Waals surface area contributed by atoms with Gasteiger partial charge in [0, 0.05) is 33.3 Å². The molecule has 0 unspecified atom stereocenters. The number of aryl methyl sites for hydroxylation is 1. The van der Waals surface area contributed by atoms with Crippen molar-refractivity contribution in [2.45, 2.75) is 25.9 Å². The summed E-state index contributed by atoms with van der Waals surface area (Å²) in [5.74, 6) is 0.101. The van der Waals surface area contributed by atoms with Gasteiger partial charge in [-0.2, -0.15) is 0 Å². The molecule has 5 rings (SSSR count). The Balaban J connectivity index is 1.71. The first-order valence-corrected chi connectivity index (χ1v) is 12.0. The third kappa shape index (κ3) is 3.92. The minimum Gasteiger partial charge on any atom is -0.506 e. The predicted molar refractivity (Wildman–Crippen MR) is 141 cm³/mol. The van der Waals surface area contributed by atoms with Crippen LogP contribution in [0.5, 0.6) is 5.75 Å². The normalized spacial score (nSPS) is 17.8. The zero-order valence-corrected chi connectivity index (χ0v) is 20.9. The molecule has 2 aromatic carbocycles. The van der Waals surface area contributed by atoms with Crippen molar-refractivity contribution in [2.75, 3.05) is 4.90 Å². The minimum atomic E-state index is -0.272. The molecule has 0 saturated carbocycles. The zero-order chi connectivity index (χ0) is 24.0. The molecule has 34 heavy (non-hydrogen) atoms. The number of hydrogen-bond donors (Lipinski definition) is 2. The van der Waals surface area contributed by atoms with Crippen molar-refractivity contribution >= 4 is 46.2 Å². The van der Waals surface area contributed by atoms with Crippen LogP contribution in [0.4, 0.5) is 5.69 Å². The maximum atomic E-state index is 10.7. The Kier molecular flexibility index (Phi) is 5.98. The van der Waals surface area contributed by atoms with Crippen LogP contribution >= 0.6 is 35.4 Å². The van der Waals surface area contributed by atoms with Gasteiger partial charge in [0.25, 0.3) is 0 Å². The number of aromatic hydroxyl groups is 1. The number of nitrogens with zero attached hydrogens (tertiary/aromatic N) is 3. The number of halogens is 2. The van der Waals surface area contributed by atoms with Gasteiger partial charge in [0.1, 0.15) is 5.75 Å². The molecule has 172 valence electrons. The van der Waals surface area contributed by atoms with E-state index >= 15 is 0 Å². The van der Waals surface area contributed by atoms with Gasteiger partial charge in [-0.15, -0.1) is 0 Å². The van der Waals surface area contributed by atoms with Crippen molar-refractivity contribution in [1.82, 2.24) is 14.9 Å². The molecule has 3 heterocycles. The topological polar surface area (TPSA) is 53.3 Å². The highest BCUT2D eigenvalue weighted by molar-refractivity contribution is 7.80. The molecule has 0 bridgehead atoms. The second-order valence-electron chi connectivity index (χ2n) is 8.27. The molecule has 2 aromatic heterocycles. The Morgan fingerprint density at radius 3 is 2.50 bits per heavy atom. The second-order valence-corrected chi connectivity index (χ2v) is 9.53. The van der Waals surface area contributed by atoms with E-state index in [1.807, 2.05) is 47.4 Å². The van der Waals surface area contributed by atoms with Crippen molar-refractivity contribution in [2.24, 2.45) is 0 Å². The van der Waals surface area contributed by atoms with Crippen molar-refractivity contribution in [3.63, 3.8) is 0 Å². The standard InChI is InChI=1S/C26H22Cl2N4OS/c1-15-12-20(16(2)31(15)19-7-5-6-17(27)13-19)25-24(21-8-3-4-11-29-21)30-26(34)32(25)22-14-18(28)9-10-23(22)33/h3-14,24-25,33H,1-2H3,(H,30,34)/t24-,25+/m0/s1. The fraction of sp³-hybridized carbons (Fsp3) is 0.154. The van der Waals surface area contributed by atoms with E-state index in [9.17, 15) is 5.11 Å². The first-order chi connectivity index (χ1) is 16.3. The van der Waals surface area contributed by atoms with Crippen LogP contribution in [0.1, 0.15) is 34.7 Å². The molecule has 1 fully saturated rings. The zero-order valence-electron chi connectivity index (χ0n) is 18.5. The van der Waals surface area contributed by atoms with E-state index in [0.29, 0.717) is 20.8 Å². The summed E-state index contributed by atoms with van der Waals surface area (Å²) in [5, 5.41) is 15.9. The smallest absolute Gasteiger partial charge is 0.174 e. The fourth-order valence-corrected chi connectivity index (χ4v) is 5.41. The number of aromatic nitrogens is 2. The Bertz CT molecular complexity index is 1390. The monoisotopic (exact) mass is 508 g/mol. The van der Waals surface area contributed by atoms with E-state index in [0.717, 1.165) is 28.3 Å². The van der Waals surface area contributed by atoms with Gasteiger partial charge in [-0.25, -0.2) is 0 Å². The number of phenols is 1. The van der Waals surface area contributed by atoms with Gasteiger partial charge < -0.3 is 19.9 Å². The lowest BCUT2D eigenvalue weighted by atomic mass is 9.96. The first-order valence-electron chi connectivity index (χ1n) is 10.8. The van der Waals surface area contributed by atoms with Crippen LogP contribution in [0, 0.1) is 13.8 Å². The molecule has 8 heteroatoms. The summed E-state index contributed by atoms with van der Waals surface area (Å²) in [6.45, 7) is 4.14. The molecular formula is C26H22Cl2N4OS. The number of rotatable bonds is 4. The minimum absolute atomic E-state index is 0.101. The van der Waals surface area contributed by atoms with Gasteiger partial charge in [0.2, 0.25) is 0 Å². The van der Waals surface area contributed by atoms with Gasteiger partial charge in [-0.3, -0.25) is 4.98 Å². The van der Waals surface area contributed by atoms with Crippen molar-refractivity contribution < 1.29 is 5.11 Å². The summed E-state index contributed by atoms with van der Waals surface area (Å²) >= 11 is 18.4. The molecule has 0 aliphatic carbocycles. The average Bonchev–Trinajstić information content (AvgIpc) is 3.31. The first kappa shape index (κ1) is 22.7. The maximum absolute atomic E-state index is 10.7. The number of nitrogens with one attached hydrogen (secondary N) is 1. The number of pyridine rings is 1. The fourth-order valence-electron chi connectivity index (χ4n) is 4.72. The third-order valence-corrected chi connectivity index (χ3v) is 6.94. The average molecular weight is 509 g/mol. The molecule has 0 radical (unpaired) electrons. The van der Waals surface area contributed by atoms with Gasteiger partial charge >= 0.3 is 0 Å². The summed E-state index contributed by atoms with van der Waals surface area (Å²) in [4.78, 5) is 6.54. The molecule has 2 N–H and O–H groups in total. The highest BCUT2D eigenvalue weighted by Crippen LogP contribution is 2.46. The van der Waals surface area contributed by atoms with E-state index in [-0.39, 0.29) is 17.8 Å². The van der Waals surface area contributed by atoms with Gasteiger partial charge in [0.05, 0.1) is 23.5 Å². The van der Waals surface area contributed by atoms with Crippen LogP contribution in [-0.2, 0) is 0 Å². The summed E-state index contributed by atoms with van der Waals surface area (Å²) in [6, 6.07) is 20.2. The Morgan fingerprint density at radius 1 is 0.971 bits per heavy atom. The third-order valence-electron chi connectivity index (χ3n) is 6.15. The lowest BCUT2D eigenvalue weighted by Gasteiger charge is -2.28. The molecule has 5 nitrogen and oxygen atoms in total. The maximum Gasteiger partial charge on any atom is 0.174 e. The summed E-state index contributed by atoms with van der Waals surface area (Å²) < 4.78 is 2.17. The van der Waals surface area contributed by atoms with Crippen LogP contribution in [0.25, 0.3) is 5.69 Å². The Morgan fingerprint density at radius 2 is 1.76 bits per heavy atom. The number of benzene rings is 2. The molecule has 1 saturated heterocycles. The van der Waals surface area contributed by atoms with Crippen LogP contribution < -0.4 is 10.2 Å². The quantitative estimate of drug-likeness (QED) is 0.301. The highest BCUT2D eigenvalue weighted by Gasteiger charge is 2.43. The Hall–Kier alpha value is -3.06. The van der Waals surface area contributed by atoms with Crippen LogP contribution in [0.2, 0.25) is 10.0 Å². The van der Waals surface area contributed by atoms with Crippen molar-refractivity contribution in [1.29, 1.82) is 0 Å². The van der Waals surface area contributed by atoms with Crippen molar-refractivity contribution in [3.8, 4) is 11.4 Å². The van der Waals surface area contributed by atoms with Crippen LogP contribution in [0.3, 0.4) is 0 Å². The number of phenolic OH excluding ortho intramolecular Hbond substituents is 1. The highest BCUT2D eigenvalue weighted by atomic mass is 35.5. The number of hydrogen-bond acceptors (Lipinski definition) is 3. The van der Waals surface area contributed by atoms with E-state index in [4.69, 9.17) is 35.4 Å². The Labute approximate surface area is 213 Å². The molecule has 1 aliphatic rings. The second kappa shape index (κ2) is 8.95. The summed E-state index contributed by atoms with van der Waals surface area (Å²) in [5.41, 5.74) is 5.53. The van der Waals surface area contributed by atoms with Gasteiger partial charge in [-0.05, 0) is 86.2 Å². The number of anilines is 1. The van der Waals surface area contributed by atoms with Gasteiger partial charge in [-0.1, -0.05) is 35.3 Å². The lowest BCUT2D eigenvalue weighted by molar-refractivity contribution is 0.472. The molecular weight excluding hydrogens is 487 g/mol. The molecule has 4 aromatic rings. The molecule has 0 spiro atoms. The van der Waals surface area contributed by atoms with E-state index < -0.39 is 0 Å². The predicted octanol–water partition coefficient (Wildman–Crippen LogP) is 6.68. The van der Waals surface area contributed by atoms with E-state index in [1.165, 1.54) is 0 Å². The SMILES string of the molecule is Cc1cc([C@@H]2[C@H](c3ccccn3)NC(=S)N2c2cc(Cl)ccc2O)c(C)n1-c1cccc(Cl)c1. The molecule has 1 aliphatic heterocycles. The van der Waals surface area contributed by atoms with Crippen LogP contribution in [-0.4, -0.2) is 19.8 Å². The molecule has 2 atom stereocenters. The summed E-state index contributed by atoms with van der Waals surface area (Å²) in [6.07, 6.45) is 1.77. The van der Waals surface area contributed by atoms with Crippen molar-refractivity contribution in [3.05, 3.63) is 106 Å². The van der Waals surface area contributed by atoms with E-state index in [2.05, 4.69) is 34.8 Å². The van der Waals surface area contributed by atoms with Crippen LogP contribution in [0.15, 0.2) is 72.9 Å². The largest absolute Gasteiger partial charge is 0.506 e. The number of thiocarbonyl (C=S) groups is 1.